The average molecular weight is 271 g/mol. The van der Waals surface area contributed by atoms with Gasteiger partial charge in [0.05, 0.1) is 5.75 Å². The first-order valence-corrected chi connectivity index (χ1v) is 8.10. The summed E-state index contributed by atoms with van der Waals surface area (Å²) in [7, 11) is 2.15. The second kappa shape index (κ2) is 7.36. The van der Waals surface area contributed by atoms with Crippen molar-refractivity contribution < 1.29 is 4.79 Å². The number of nitrogens with zero attached hydrogens (tertiary/aromatic N) is 1. The first-order valence-electron chi connectivity index (χ1n) is 7.05. The van der Waals surface area contributed by atoms with E-state index in [1.807, 2.05) is 11.8 Å². The summed E-state index contributed by atoms with van der Waals surface area (Å²) in [6.07, 6.45) is 5.05. The normalized spacial score (nSPS) is 21.2. The van der Waals surface area contributed by atoms with Crippen molar-refractivity contribution in [3.8, 4) is 0 Å². The highest BCUT2D eigenvalue weighted by molar-refractivity contribution is 8.00. The minimum atomic E-state index is 0.197. The first kappa shape index (κ1) is 14.2. The van der Waals surface area contributed by atoms with E-state index < -0.39 is 0 Å². The van der Waals surface area contributed by atoms with Crippen LogP contribution < -0.4 is 10.6 Å². The van der Waals surface area contributed by atoms with Gasteiger partial charge in [0.2, 0.25) is 5.91 Å². The number of hydrogen-bond acceptors (Lipinski definition) is 4. The van der Waals surface area contributed by atoms with Crippen LogP contribution in [0.5, 0.6) is 0 Å². The predicted octanol–water partition coefficient (Wildman–Crippen LogP) is 0.682. The molecule has 1 saturated carbocycles. The fraction of sp³-hybridized carbons (Fsp3) is 0.923. The first-order chi connectivity index (χ1) is 8.75. The molecule has 0 bridgehead atoms. The minimum Gasteiger partial charge on any atom is -0.354 e. The van der Waals surface area contributed by atoms with Crippen LogP contribution in [0, 0.1) is 0 Å². The second-order valence-corrected chi connectivity index (χ2v) is 6.61. The van der Waals surface area contributed by atoms with E-state index in [1.165, 1.54) is 25.7 Å². The van der Waals surface area contributed by atoms with Gasteiger partial charge in [-0.2, -0.15) is 0 Å². The van der Waals surface area contributed by atoms with Crippen molar-refractivity contribution >= 4 is 17.7 Å². The van der Waals surface area contributed by atoms with Crippen LogP contribution in [0.15, 0.2) is 0 Å². The van der Waals surface area contributed by atoms with Gasteiger partial charge in [0.25, 0.3) is 0 Å². The molecule has 1 saturated heterocycles. The third-order valence-corrected chi connectivity index (χ3v) is 5.06. The molecule has 1 amide bonds. The van der Waals surface area contributed by atoms with Crippen molar-refractivity contribution in [3.05, 3.63) is 0 Å². The summed E-state index contributed by atoms with van der Waals surface area (Å²) in [6, 6.07) is 0.783. The van der Waals surface area contributed by atoms with Crippen LogP contribution in [0.4, 0.5) is 0 Å². The third kappa shape index (κ3) is 5.16. The summed E-state index contributed by atoms with van der Waals surface area (Å²) in [4.78, 5) is 14.0. The van der Waals surface area contributed by atoms with Gasteiger partial charge in [-0.05, 0) is 45.8 Å². The lowest BCUT2D eigenvalue weighted by atomic mass is 10.2. The highest BCUT2D eigenvalue weighted by atomic mass is 32.2. The zero-order valence-electron chi connectivity index (χ0n) is 11.3. The number of thioether (sulfide) groups is 1. The molecule has 1 aliphatic heterocycles. The molecule has 104 valence electrons. The Hall–Kier alpha value is -0.260. The molecule has 0 unspecified atom stereocenters. The topological polar surface area (TPSA) is 44.4 Å². The Labute approximate surface area is 114 Å². The zero-order chi connectivity index (χ0) is 12.8. The molecule has 0 atom stereocenters. The molecule has 0 radical (unpaired) electrons. The summed E-state index contributed by atoms with van der Waals surface area (Å²) in [6.45, 7) is 3.98. The van der Waals surface area contributed by atoms with Crippen LogP contribution in [0.3, 0.4) is 0 Å². The second-order valence-electron chi connectivity index (χ2n) is 5.32. The number of amides is 1. The largest absolute Gasteiger partial charge is 0.354 e. The fourth-order valence-electron chi connectivity index (χ4n) is 2.28. The van der Waals surface area contributed by atoms with Gasteiger partial charge in [-0.3, -0.25) is 4.79 Å². The van der Waals surface area contributed by atoms with Crippen molar-refractivity contribution in [1.29, 1.82) is 0 Å². The van der Waals surface area contributed by atoms with E-state index in [1.54, 1.807) is 0 Å². The molecule has 2 aliphatic rings. The Morgan fingerprint density at radius 2 is 2.06 bits per heavy atom. The maximum absolute atomic E-state index is 11.7. The third-order valence-electron chi connectivity index (χ3n) is 3.69. The molecule has 2 rings (SSSR count). The summed E-state index contributed by atoms with van der Waals surface area (Å²) >= 11 is 1.82. The number of nitrogens with one attached hydrogen (secondary N) is 2. The monoisotopic (exact) mass is 271 g/mol. The lowest BCUT2D eigenvalue weighted by Gasteiger charge is -2.22. The van der Waals surface area contributed by atoms with Crippen molar-refractivity contribution in [2.45, 2.75) is 37.0 Å². The Bertz CT molecular complexity index is 265. The highest BCUT2D eigenvalue weighted by Gasteiger charge is 2.25. The van der Waals surface area contributed by atoms with Gasteiger partial charge >= 0.3 is 0 Å². The Kier molecular flexibility index (Phi) is 5.79. The van der Waals surface area contributed by atoms with E-state index in [-0.39, 0.29) is 5.91 Å². The Morgan fingerprint density at radius 1 is 1.33 bits per heavy atom. The average Bonchev–Trinajstić information content (AvgIpc) is 3.22. The molecular formula is C13H25N3OS. The van der Waals surface area contributed by atoms with E-state index in [4.69, 9.17) is 0 Å². The smallest absolute Gasteiger partial charge is 0.230 e. The number of hydrogen-bond donors (Lipinski definition) is 2. The van der Waals surface area contributed by atoms with Gasteiger partial charge in [0, 0.05) is 24.4 Å². The van der Waals surface area contributed by atoms with E-state index >= 15 is 0 Å². The van der Waals surface area contributed by atoms with Crippen LogP contribution in [0.2, 0.25) is 0 Å². The predicted molar refractivity (Wildman–Crippen MR) is 77.0 cm³/mol. The Balaban J connectivity index is 1.48. The van der Waals surface area contributed by atoms with Gasteiger partial charge < -0.3 is 15.5 Å². The van der Waals surface area contributed by atoms with E-state index in [0.717, 1.165) is 32.2 Å². The molecule has 0 aromatic rings. The number of likely N-dealkylation sites (N-methyl/N-ethyl adjacent to an activating group) is 1. The molecule has 0 aromatic carbocycles. The number of carbonyl (C=O) groups excluding carboxylic acids is 1. The van der Waals surface area contributed by atoms with Crippen LogP contribution in [-0.4, -0.2) is 61.1 Å². The molecule has 0 aromatic heterocycles. The molecule has 1 aliphatic carbocycles. The molecule has 4 nitrogen and oxygen atoms in total. The highest BCUT2D eigenvalue weighted by Crippen LogP contribution is 2.24. The molecule has 0 spiro atoms. The summed E-state index contributed by atoms with van der Waals surface area (Å²) < 4.78 is 0. The molecule has 2 N–H and O–H groups in total. The number of carbonyl (C=O) groups is 1. The van der Waals surface area contributed by atoms with Gasteiger partial charge in [-0.25, -0.2) is 0 Å². The lowest BCUT2D eigenvalue weighted by Crippen LogP contribution is -2.35. The molecular weight excluding hydrogens is 246 g/mol. The van der Waals surface area contributed by atoms with Crippen molar-refractivity contribution in [1.82, 2.24) is 15.5 Å². The maximum atomic E-state index is 11.7. The summed E-state index contributed by atoms with van der Waals surface area (Å²) in [5.74, 6) is 0.820. The molecule has 5 heteroatoms. The maximum Gasteiger partial charge on any atom is 0.230 e. The molecule has 1 heterocycles. The van der Waals surface area contributed by atoms with E-state index in [2.05, 4.69) is 22.6 Å². The minimum absolute atomic E-state index is 0.197. The SMILES string of the molecule is CN(CCNC(=O)CSC1CCNCC1)C1CC1. The fourth-order valence-corrected chi connectivity index (χ4v) is 3.33. The van der Waals surface area contributed by atoms with Crippen LogP contribution in [0.1, 0.15) is 25.7 Å². The van der Waals surface area contributed by atoms with Crippen LogP contribution in [-0.2, 0) is 4.79 Å². The van der Waals surface area contributed by atoms with Gasteiger partial charge in [-0.15, -0.1) is 11.8 Å². The molecule has 2 fully saturated rings. The van der Waals surface area contributed by atoms with Crippen molar-refractivity contribution in [3.63, 3.8) is 0 Å². The van der Waals surface area contributed by atoms with Gasteiger partial charge in [0.1, 0.15) is 0 Å². The van der Waals surface area contributed by atoms with E-state index in [9.17, 15) is 4.79 Å². The van der Waals surface area contributed by atoms with Crippen LogP contribution in [0.25, 0.3) is 0 Å². The lowest BCUT2D eigenvalue weighted by molar-refractivity contribution is -0.118. The van der Waals surface area contributed by atoms with E-state index in [0.29, 0.717) is 11.0 Å². The summed E-state index contributed by atoms with van der Waals surface area (Å²) in [5, 5.41) is 7.04. The van der Waals surface area contributed by atoms with Crippen LogP contribution >= 0.6 is 11.8 Å². The number of piperidine rings is 1. The van der Waals surface area contributed by atoms with Gasteiger partial charge in [0.15, 0.2) is 0 Å². The Morgan fingerprint density at radius 3 is 2.72 bits per heavy atom. The van der Waals surface area contributed by atoms with Crippen molar-refractivity contribution in [2.24, 2.45) is 0 Å². The molecule has 18 heavy (non-hydrogen) atoms. The number of rotatable bonds is 7. The standard InChI is InChI=1S/C13H25N3OS/c1-16(11-2-3-11)9-8-15-13(17)10-18-12-4-6-14-7-5-12/h11-12,14H,2-10H2,1H3,(H,15,17). The quantitative estimate of drug-likeness (QED) is 0.715. The van der Waals surface area contributed by atoms with Crippen molar-refractivity contribution in [2.75, 3.05) is 39.0 Å². The zero-order valence-corrected chi connectivity index (χ0v) is 12.1. The summed E-state index contributed by atoms with van der Waals surface area (Å²) in [5.41, 5.74) is 0. The van der Waals surface area contributed by atoms with Gasteiger partial charge in [-0.1, -0.05) is 0 Å².